The van der Waals surface area contributed by atoms with Crippen LogP contribution in [0, 0.1) is 5.41 Å². The van der Waals surface area contributed by atoms with Crippen LogP contribution < -0.4 is 9.64 Å². The van der Waals surface area contributed by atoms with E-state index in [1.54, 1.807) is 7.11 Å². The Morgan fingerprint density at radius 3 is 2.96 bits per heavy atom. The van der Waals surface area contributed by atoms with Gasteiger partial charge >= 0.3 is 0 Å². The summed E-state index contributed by atoms with van der Waals surface area (Å²) < 4.78 is 5.19. The van der Waals surface area contributed by atoms with E-state index >= 15 is 0 Å². The third-order valence-corrected chi connectivity index (χ3v) is 4.86. The maximum atomic E-state index is 10.1. The first-order valence-corrected chi connectivity index (χ1v) is 8.48. The largest absolute Gasteiger partial charge is 0.481 e. The van der Waals surface area contributed by atoms with Gasteiger partial charge in [0.05, 0.1) is 13.7 Å². The predicted molar refractivity (Wildman–Crippen MR) is 94.7 cm³/mol. The van der Waals surface area contributed by atoms with E-state index in [4.69, 9.17) is 16.3 Å². The molecule has 1 atom stereocenters. The second-order valence-corrected chi connectivity index (χ2v) is 6.84. The van der Waals surface area contributed by atoms with E-state index in [-0.39, 0.29) is 12.0 Å². The number of aromatic nitrogens is 2. The number of nitrogens with zero attached hydrogens (tertiary/aromatic N) is 3. The van der Waals surface area contributed by atoms with Crippen molar-refractivity contribution in [2.75, 3.05) is 31.7 Å². The van der Waals surface area contributed by atoms with Crippen LogP contribution in [0.4, 0.5) is 5.82 Å². The molecule has 2 aromatic rings. The number of hydrogen-bond acceptors (Lipinski definition) is 5. The fourth-order valence-electron chi connectivity index (χ4n) is 3.43. The zero-order chi connectivity index (χ0) is 17.0. The highest BCUT2D eigenvalue weighted by Crippen LogP contribution is 2.35. The number of halogens is 1. The van der Waals surface area contributed by atoms with Crippen molar-refractivity contribution in [1.29, 1.82) is 0 Å². The Bertz CT molecular complexity index is 697. The van der Waals surface area contributed by atoms with Gasteiger partial charge in [0, 0.05) is 29.6 Å². The SMILES string of the molecule is COc1cc(N2CCCC(CO)(Cc3cccc(Cl)c3)C2)ncn1. The Balaban J connectivity index is 1.81. The van der Waals surface area contributed by atoms with Gasteiger partial charge in [-0.2, -0.15) is 0 Å². The van der Waals surface area contributed by atoms with Crippen molar-refractivity contribution < 1.29 is 9.84 Å². The van der Waals surface area contributed by atoms with Crippen molar-refractivity contribution in [2.45, 2.75) is 19.3 Å². The molecule has 1 unspecified atom stereocenters. The lowest BCUT2D eigenvalue weighted by Crippen LogP contribution is -2.47. The molecule has 128 valence electrons. The smallest absolute Gasteiger partial charge is 0.218 e. The lowest BCUT2D eigenvalue weighted by molar-refractivity contribution is 0.105. The van der Waals surface area contributed by atoms with Crippen molar-refractivity contribution in [3.05, 3.63) is 47.2 Å². The normalized spacial score (nSPS) is 20.9. The summed E-state index contributed by atoms with van der Waals surface area (Å²) in [6.07, 6.45) is 4.30. The number of benzene rings is 1. The Kier molecular flexibility index (Phi) is 5.21. The number of rotatable bonds is 5. The number of hydrogen-bond donors (Lipinski definition) is 1. The fourth-order valence-corrected chi connectivity index (χ4v) is 3.64. The van der Waals surface area contributed by atoms with Crippen molar-refractivity contribution in [3.63, 3.8) is 0 Å². The van der Waals surface area contributed by atoms with Gasteiger partial charge in [0.25, 0.3) is 0 Å². The Morgan fingerprint density at radius 1 is 1.33 bits per heavy atom. The molecule has 0 saturated carbocycles. The molecule has 2 heterocycles. The highest BCUT2D eigenvalue weighted by molar-refractivity contribution is 6.30. The molecule has 1 fully saturated rings. The van der Waals surface area contributed by atoms with Gasteiger partial charge in [0.15, 0.2) is 0 Å². The highest BCUT2D eigenvalue weighted by Gasteiger charge is 2.35. The molecule has 1 saturated heterocycles. The quantitative estimate of drug-likeness (QED) is 0.901. The van der Waals surface area contributed by atoms with Crippen LogP contribution >= 0.6 is 11.6 Å². The predicted octanol–water partition coefficient (Wildman–Crippen LogP) is 2.96. The van der Waals surface area contributed by atoms with Crippen molar-refractivity contribution in [1.82, 2.24) is 9.97 Å². The maximum absolute atomic E-state index is 10.1. The summed E-state index contributed by atoms with van der Waals surface area (Å²) in [5.41, 5.74) is 0.958. The molecule has 0 radical (unpaired) electrons. The van der Waals surface area contributed by atoms with E-state index in [0.29, 0.717) is 5.88 Å². The van der Waals surface area contributed by atoms with Gasteiger partial charge in [-0.1, -0.05) is 23.7 Å². The summed E-state index contributed by atoms with van der Waals surface area (Å²) in [7, 11) is 1.60. The van der Waals surface area contributed by atoms with E-state index in [9.17, 15) is 5.11 Å². The second kappa shape index (κ2) is 7.36. The molecule has 6 heteroatoms. The van der Waals surface area contributed by atoms with Gasteiger partial charge in [-0.15, -0.1) is 0 Å². The van der Waals surface area contributed by atoms with E-state index in [1.807, 2.05) is 24.3 Å². The van der Waals surface area contributed by atoms with Crippen LogP contribution in [0.1, 0.15) is 18.4 Å². The summed E-state index contributed by atoms with van der Waals surface area (Å²) in [4.78, 5) is 10.6. The molecule has 0 aliphatic carbocycles. The molecule has 0 bridgehead atoms. The molecule has 1 aromatic carbocycles. The first-order valence-electron chi connectivity index (χ1n) is 8.10. The van der Waals surface area contributed by atoms with Gasteiger partial charge in [-0.3, -0.25) is 0 Å². The third-order valence-electron chi connectivity index (χ3n) is 4.63. The molecule has 0 amide bonds. The van der Waals surface area contributed by atoms with Crippen LogP contribution in [0.2, 0.25) is 5.02 Å². The average Bonchev–Trinajstić information content (AvgIpc) is 2.62. The maximum Gasteiger partial charge on any atom is 0.218 e. The highest BCUT2D eigenvalue weighted by atomic mass is 35.5. The van der Waals surface area contributed by atoms with E-state index in [1.165, 1.54) is 6.33 Å². The van der Waals surface area contributed by atoms with E-state index < -0.39 is 0 Å². The Labute approximate surface area is 147 Å². The lowest BCUT2D eigenvalue weighted by Gasteiger charge is -2.42. The van der Waals surface area contributed by atoms with Gasteiger partial charge in [0.2, 0.25) is 5.88 Å². The third kappa shape index (κ3) is 3.79. The molecular formula is C18H22ClN3O2. The average molecular weight is 348 g/mol. The minimum absolute atomic E-state index is 0.137. The summed E-state index contributed by atoms with van der Waals surface area (Å²) in [5.74, 6) is 1.39. The molecule has 1 aliphatic rings. The van der Waals surface area contributed by atoms with Crippen LogP contribution in [0.25, 0.3) is 0 Å². The number of aliphatic hydroxyl groups is 1. The number of aliphatic hydroxyl groups excluding tert-OH is 1. The van der Waals surface area contributed by atoms with E-state index in [0.717, 1.165) is 48.8 Å². The van der Waals surface area contributed by atoms with Crippen molar-refractivity contribution in [3.8, 4) is 5.88 Å². The summed E-state index contributed by atoms with van der Waals surface area (Å²) in [6.45, 7) is 1.80. The van der Waals surface area contributed by atoms with Crippen LogP contribution in [0.15, 0.2) is 36.7 Å². The van der Waals surface area contributed by atoms with Crippen LogP contribution in [-0.2, 0) is 6.42 Å². The summed E-state index contributed by atoms with van der Waals surface area (Å²) in [6, 6.07) is 9.71. The topological polar surface area (TPSA) is 58.5 Å². The van der Waals surface area contributed by atoms with Gasteiger partial charge in [-0.05, 0) is 37.0 Å². The number of ether oxygens (including phenoxy) is 1. The molecule has 1 aliphatic heterocycles. The van der Waals surface area contributed by atoms with Crippen LogP contribution in [0.5, 0.6) is 5.88 Å². The molecule has 1 N–H and O–H groups in total. The number of anilines is 1. The number of methoxy groups -OCH3 is 1. The molecule has 3 rings (SSSR count). The number of piperidine rings is 1. The zero-order valence-electron chi connectivity index (χ0n) is 13.8. The van der Waals surface area contributed by atoms with Crippen LogP contribution in [0.3, 0.4) is 0 Å². The molecule has 24 heavy (non-hydrogen) atoms. The minimum Gasteiger partial charge on any atom is -0.481 e. The van der Waals surface area contributed by atoms with Gasteiger partial charge in [-0.25, -0.2) is 9.97 Å². The summed E-state index contributed by atoms with van der Waals surface area (Å²) >= 11 is 6.11. The van der Waals surface area contributed by atoms with E-state index in [2.05, 4.69) is 20.9 Å². The van der Waals surface area contributed by atoms with Gasteiger partial charge in [0.1, 0.15) is 12.1 Å². The lowest BCUT2D eigenvalue weighted by atomic mass is 9.75. The zero-order valence-corrected chi connectivity index (χ0v) is 14.5. The second-order valence-electron chi connectivity index (χ2n) is 6.41. The standard InChI is InChI=1S/C18H22ClN3O2/c1-24-17-9-16(20-13-21-17)22-7-3-6-18(11-22,12-23)10-14-4-2-5-15(19)8-14/h2,4-5,8-9,13,23H,3,6-7,10-12H2,1H3. The Morgan fingerprint density at radius 2 is 2.21 bits per heavy atom. The van der Waals surface area contributed by atoms with Gasteiger partial charge < -0.3 is 14.7 Å². The Hall–Kier alpha value is -1.85. The van der Waals surface area contributed by atoms with Crippen molar-refractivity contribution >= 4 is 17.4 Å². The minimum atomic E-state index is -0.193. The molecule has 0 spiro atoms. The monoisotopic (exact) mass is 347 g/mol. The summed E-state index contributed by atoms with van der Waals surface area (Å²) in [5, 5.41) is 10.9. The molecule has 1 aromatic heterocycles. The van der Waals surface area contributed by atoms with Crippen molar-refractivity contribution in [2.24, 2.45) is 5.41 Å². The van der Waals surface area contributed by atoms with Crippen LogP contribution in [-0.4, -0.2) is 41.9 Å². The first-order chi connectivity index (χ1) is 11.6. The first kappa shape index (κ1) is 17.0. The molecule has 5 nitrogen and oxygen atoms in total. The fraction of sp³-hybridized carbons (Fsp3) is 0.444. The molecular weight excluding hydrogens is 326 g/mol.